The summed E-state index contributed by atoms with van der Waals surface area (Å²) < 4.78 is 164. The van der Waals surface area contributed by atoms with Crippen LogP contribution in [0.1, 0.15) is 44.7 Å². The van der Waals surface area contributed by atoms with Crippen molar-refractivity contribution >= 4 is 5.97 Å². The SMILES string of the molecule is CCC(C)(CC)C(=O)Oc1cc(C(O)(C(F)(F)F)C(F)(F)F)cc(C(O)(C(F)(F)F)C(F)(F)F)c1. The molecule has 0 aliphatic heterocycles. The summed E-state index contributed by atoms with van der Waals surface area (Å²) in [6.45, 7) is 3.99. The highest BCUT2D eigenvalue weighted by molar-refractivity contribution is 5.78. The quantitative estimate of drug-likeness (QED) is 0.263. The van der Waals surface area contributed by atoms with Gasteiger partial charge in [0, 0.05) is 11.1 Å². The molecule has 1 aromatic carbocycles. The first-order valence-electron chi connectivity index (χ1n) is 9.43. The maximum absolute atomic E-state index is 13.3. The van der Waals surface area contributed by atoms with Crippen LogP contribution >= 0.6 is 0 Å². The van der Waals surface area contributed by atoms with Gasteiger partial charge in [-0.25, -0.2) is 0 Å². The summed E-state index contributed by atoms with van der Waals surface area (Å²) in [6, 6.07) is -1.74. The molecule has 0 bridgehead atoms. The molecule has 1 rings (SSSR count). The summed E-state index contributed by atoms with van der Waals surface area (Å²) in [6.07, 6.45) is -27.0. The van der Waals surface area contributed by atoms with Gasteiger partial charge in [0.25, 0.3) is 11.2 Å². The maximum atomic E-state index is 13.3. The average Bonchev–Trinajstić information content (AvgIpc) is 2.68. The van der Waals surface area contributed by atoms with Gasteiger partial charge in [-0.1, -0.05) is 13.8 Å². The molecule has 202 valence electrons. The van der Waals surface area contributed by atoms with E-state index in [0.29, 0.717) is 0 Å². The predicted octanol–water partition coefficient (Wildman–Crippen LogP) is 6.04. The van der Waals surface area contributed by atoms with Gasteiger partial charge in [0.1, 0.15) is 5.75 Å². The van der Waals surface area contributed by atoms with Crippen LogP contribution in [0, 0.1) is 5.41 Å². The number of hydrogen-bond acceptors (Lipinski definition) is 4. The van der Waals surface area contributed by atoms with Crippen molar-refractivity contribution in [2.45, 2.75) is 69.5 Å². The molecule has 0 heterocycles. The van der Waals surface area contributed by atoms with Gasteiger partial charge in [-0.05, 0) is 38.0 Å². The van der Waals surface area contributed by atoms with E-state index < -0.39 is 70.2 Å². The number of benzene rings is 1. The molecule has 0 fully saturated rings. The fraction of sp³-hybridized carbons (Fsp3) is 0.632. The monoisotopic (exact) mass is 538 g/mol. The number of hydrogen-bond donors (Lipinski definition) is 2. The van der Waals surface area contributed by atoms with Crippen LogP contribution < -0.4 is 4.74 Å². The Morgan fingerprint density at radius 3 is 1.20 bits per heavy atom. The summed E-state index contributed by atoms with van der Waals surface area (Å²) in [5.74, 6) is -3.06. The molecule has 4 nitrogen and oxygen atoms in total. The Kier molecular flexibility index (Phi) is 7.93. The molecule has 0 aliphatic rings. The second-order valence-electron chi connectivity index (χ2n) is 7.82. The number of ether oxygens (including phenoxy) is 1. The molecule has 2 N–H and O–H groups in total. The van der Waals surface area contributed by atoms with Gasteiger partial charge < -0.3 is 14.9 Å². The van der Waals surface area contributed by atoms with Crippen LogP contribution in [0.25, 0.3) is 0 Å². The molecule has 0 aromatic heterocycles. The minimum Gasteiger partial charge on any atom is -0.426 e. The molecule has 1 aromatic rings. The Morgan fingerprint density at radius 1 is 0.686 bits per heavy atom. The van der Waals surface area contributed by atoms with E-state index in [1.54, 1.807) is 0 Å². The van der Waals surface area contributed by atoms with Crippen LogP contribution in [0.4, 0.5) is 52.7 Å². The molecular formula is C19H18F12O4. The summed E-state index contributed by atoms with van der Waals surface area (Å²) in [4.78, 5) is 12.4. The molecule has 0 saturated heterocycles. The lowest BCUT2D eigenvalue weighted by molar-refractivity contribution is -0.378. The third-order valence-electron chi connectivity index (χ3n) is 5.65. The predicted molar refractivity (Wildman–Crippen MR) is 92.8 cm³/mol. The Balaban J connectivity index is 4.12. The highest BCUT2D eigenvalue weighted by atomic mass is 19.4. The first-order valence-corrected chi connectivity index (χ1v) is 9.43. The molecule has 0 amide bonds. The van der Waals surface area contributed by atoms with E-state index in [0.717, 1.165) is 0 Å². The van der Waals surface area contributed by atoms with Crippen molar-refractivity contribution in [1.29, 1.82) is 0 Å². The van der Waals surface area contributed by atoms with Crippen molar-refractivity contribution in [3.05, 3.63) is 29.3 Å². The van der Waals surface area contributed by atoms with Crippen molar-refractivity contribution in [2.75, 3.05) is 0 Å². The summed E-state index contributed by atoms with van der Waals surface area (Å²) in [5.41, 5.74) is -18.7. The van der Waals surface area contributed by atoms with Crippen LogP contribution in [0.15, 0.2) is 18.2 Å². The first-order chi connectivity index (χ1) is 15.3. The number of halogens is 12. The first kappa shape index (κ1) is 30.8. The topological polar surface area (TPSA) is 66.8 Å². The minimum absolute atomic E-state index is 0.0566. The third-order valence-corrected chi connectivity index (χ3v) is 5.65. The van der Waals surface area contributed by atoms with Crippen LogP contribution in [0.5, 0.6) is 5.75 Å². The summed E-state index contributed by atoms with van der Waals surface area (Å²) in [7, 11) is 0. The summed E-state index contributed by atoms with van der Waals surface area (Å²) in [5, 5.41) is 19.1. The fourth-order valence-electron chi connectivity index (χ4n) is 2.82. The van der Waals surface area contributed by atoms with Crippen molar-refractivity contribution in [1.82, 2.24) is 0 Å². The molecule has 0 atom stereocenters. The normalized spacial score (nSPS) is 14.8. The highest BCUT2D eigenvalue weighted by Gasteiger charge is 2.74. The van der Waals surface area contributed by atoms with Crippen molar-refractivity contribution in [3.8, 4) is 5.75 Å². The third kappa shape index (κ3) is 5.17. The van der Waals surface area contributed by atoms with Gasteiger partial charge in [0.05, 0.1) is 5.41 Å². The van der Waals surface area contributed by atoms with Gasteiger partial charge in [-0.2, -0.15) is 52.7 Å². The van der Waals surface area contributed by atoms with Crippen LogP contribution in [-0.4, -0.2) is 40.9 Å². The summed E-state index contributed by atoms with van der Waals surface area (Å²) >= 11 is 0. The lowest BCUT2D eigenvalue weighted by Crippen LogP contribution is -2.55. The van der Waals surface area contributed by atoms with Crippen molar-refractivity contribution < 1.29 is 72.4 Å². The molecular weight excluding hydrogens is 520 g/mol. The molecule has 0 aliphatic carbocycles. The molecule has 35 heavy (non-hydrogen) atoms. The van der Waals surface area contributed by atoms with Crippen LogP contribution in [0.3, 0.4) is 0 Å². The number of esters is 1. The molecule has 0 spiro atoms. The molecule has 0 radical (unpaired) electrons. The largest absolute Gasteiger partial charge is 0.430 e. The molecule has 16 heteroatoms. The lowest BCUT2D eigenvalue weighted by Gasteiger charge is -2.36. The average molecular weight is 538 g/mol. The van der Waals surface area contributed by atoms with Gasteiger partial charge in [-0.3, -0.25) is 4.79 Å². The van der Waals surface area contributed by atoms with E-state index in [2.05, 4.69) is 4.74 Å². The van der Waals surface area contributed by atoms with E-state index in [4.69, 9.17) is 0 Å². The lowest BCUT2D eigenvalue weighted by atomic mass is 9.84. The molecule has 0 unspecified atom stereocenters. The van der Waals surface area contributed by atoms with E-state index in [1.165, 1.54) is 20.8 Å². The zero-order chi connectivity index (χ0) is 28.1. The zero-order valence-corrected chi connectivity index (χ0v) is 17.9. The Labute approximate surface area is 189 Å². The van der Waals surface area contributed by atoms with Crippen LogP contribution in [-0.2, 0) is 16.0 Å². The minimum atomic E-state index is -6.72. The van der Waals surface area contributed by atoms with E-state index in [-0.39, 0.29) is 25.0 Å². The van der Waals surface area contributed by atoms with Gasteiger partial charge in [0.2, 0.25) is 0 Å². The smallest absolute Gasteiger partial charge is 0.426 e. The van der Waals surface area contributed by atoms with Crippen LogP contribution in [0.2, 0.25) is 0 Å². The molecule has 0 saturated carbocycles. The highest BCUT2D eigenvalue weighted by Crippen LogP contribution is 2.54. The maximum Gasteiger partial charge on any atom is 0.430 e. The number of carbonyl (C=O) groups is 1. The standard InChI is InChI=1S/C19H18F12O4/c1-4-13(3,5-2)12(32)35-11-7-9(14(33,16(20,21)22)17(23,24)25)6-10(8-11)15(34,18(26,27)28)19(29,30)31/h6-8,33-34H,4-5H2,1-3H3. The van der Waals surface area contributed by atoms with Crippen molar-refractivity contribution in [2.24, 2.45) is 5.41 Å². The Hall–Kier alpha value is -2.23. The van der Waals surface area contributed by atoms with Gasteiger partial charge in [0.15, 0.2) is 0 Å². The van der Waals surface area contributed by atoms with Gasteiger partial charge in [-0.15, -0.1) is 0 Å². The number of alkyl halides is 12. The van der Waals surface area contributed by atoms with E-state index in [1.807, 2.05) is 0 Å². The Morgan fingerprint density at radius 2 is 0.971 bits per heavy atom. The Bertz CT molecular complexity index is 839. The van der Waals surface area contributed by atoms with E-state index >= 15 is 0 Å². The second kappa shape index (κ2) is 9.01. The fourth-order valence-corrected chi connectivity index (χ4v) is 2.82. The number of rotatable bonds is 6. The zero-order valence-electron chi connectivity index (χ0n) is 17.9. The second-order valence-corrected chi connectivity index (χ2v) is 7.82. The van der Waals surface area contributed by atoms with Gasteiger partial charge >= 0.3 is 30.7 Å². The number of aliphatic hydroxyl groups is 2. The van der Waals surface area contributed by atoms with Crippen molar-refractivity contribution in [3.63, 3.8) is 0 Å². The van der Waals surface area contributed by atoms with E-state index in [9.17, 15) is 67.7 Å². The number of carbonyl (C=O) groups excluding carboxylic acids is 1.